The van der Waals surface area contributed by atoms with Crippen LogP contribution in [0, 0.1) is 16.0 Å². The van der Waals surface area contributed by atoms with E-state index in [0.717, 1.165) is 0 Å². The molecule has 0 saturated heterocycles. The molecule has 6 heteroatoms. The molecule has 0 bridgehead atoms. The lowest BCUT2D eigenvalue weighted by Crippen LogP contribution is -2.26. The molecule has 1 unspecified atom stereocenters. The number of hydrogen-bond donors (Lipinski definition) is 2. The van der Waals surface area contributed by atoms with Crippen molar-refractivity contribution in [3.05, 3.63) is 46.0 Å². The lowest BCUT2D eigenvalue weighted by atomic mass is 10.1. The Morgan fingerprint density at radius 2 is 2.20 bits per heavy atom. The van der Waals surface area contributed by atoms with Gasteiger partial charge in [-0.3, -0.25) is 14.9 Å². The zero-order chi connectivity index (χ0) is 15.0. The second-order valence-electron chi connectivity index (χ2n) is 4.51. The van der Waals surface area contributed by atoms with E-state index in [9.17, 15) is 14.9 Å². The molecule has 0 aliphatic carbocycles. The van der Waals surface area contributed by atoms with E-state index in [4.69, 9.17) is 5.11 Å². The SMILES string of the molecule is CC(CCO)CNC(=O)C=Cc1ccccc1[N+](=O)[O-]. The summed E-state index contributed by atoms with van der Waals surface area (Å²) in [6.45, 7) is 2.46. The van der Waals surface area contributed by atoms with Crippen LogP contribution >= 0.6 is 0 Å². The highest BCUT2D eigenvalue weighted by atomic mass is 16.6. The summed E-state index contributed by atoms with van der Waals surface area (Å²) >= 11 is 0. The zero-order valence-corrected chi connectivity index (χ0v) is 11.3. The number of carbonyl (C=O) groups is 1. The number of hydrogen-bond acceptors (Lipinski definition) is 4. The number of nitro benzene ring substituents is 1. The van der Waals surface area contributed by atoms with Crippen molar-refractivity contribution in [2.24, 2.45) is 5.92 Å². The molecule has 1 aromatic rings. The first kappa shape index (κ1) is 15.8. The number of nitro groups is 1. The normalized spacial score (nSPS) is 12.3. The van der Waals surface area contributed by atoms with Crippen LogP contribution in [0.5, 0.6) is 0 Å². The number of aliphatic hydroxyl groups is 1. The first-order chi connectivity index (χ1) is 9.54. The van der Waals surface area contributed by atoms with E-state index in [1.165, 1.54) is 18.2 Å². The summed E-state index contributed by atoms with van der Waals surface area (Å²) in [5, 5.41) is 22.2. The van der Waals surface area contributed by atoms with Gasteiger partial charge in [-0.25, -0.2) is 0 Å². The van der Waals surface area contributed by atoms with Crippen LogP contribution in [0.25, 0.3) is 6.08 Å². The molecule has 6 nitrogen and oxygen atoms in total. The van der Waals surface area contributed by atoms with Gasteiger partial charge in [0.1, 0.15) is 0 Å². The van der Waals surface area contributed by atoms with E-state index in [1.54, 1.807) is 18.2 Å². The molecule has 108 valence electrons. The molecule has 0 radical (unpaired) electrons. The fourth-order valence-electron chi connectivity index (χ4n) is 1.62. The molecular formula is C14H18N2O4. The van der Waals surface area contributed by atoms with E-state index < -0.39 is 4.92 Å². The largest absolute Gasteiger partial charge is 0.396 e. The standard InChI is InChI=1S/C14H18N2O4/c1-11(8-9-17)10-15-14(18)7-6-12-4-2-3-5-13(12)16(19)20/h2-7,11,17H,8-10H2,1H3,(H,15,18). The maximum Gasteiger partial charge on any atom is 0.276 e. The van der Waals surface area contributed by atoms with Crippen LogP contribution in [0.3, 0.4) is 0 Å². The molecule has 0 aliphatic heterocycles. The minimum Gasteiger partial charge on any atom is -0.396 e. The molecule has 1 rings (SSSR count). The van der Waals surface area contributed by atoms with Crippen LogP contribution < -0.4 is 5.32 Å². The monoisotopic (exact) mass is 278 g/mol. The average molecular weight is 278 g/mol. The molecule has 0 aliphatic rings. The third kappa shape index (κ3) is 5.19. The molecule has 2 N–H and O–H groups in total. The maximum atomic E-state index is 11.6. The highest BCUT2D eigenvalue weighted by Crippen LogP contribution is 2.18. The summed E-state index contributed by atoms with van der Waals surface area (Å²) in [4.78, 5) is 21.9. The van der Waals surface area contributed by atoms with Crippen molar-refractivity contribution < 1.29 is 14.8 Å². The van der Waals surface area contributed by atoms with Gasteiger partial charge in [-0.1, -0.05) is 19.1 Å². The van der Waals surface area contributed by atoms with Crippen molar-refractivity contribution in [3.8, 4) is 0 Å². The van der Waals surface area contributed by atoms with Crippen LogP contribution in [-0.4, -0.2) is 29.1 Å². The van der Waals surface area contributed by atoms with E-state index in [1.807, 2.05) is 6.92 Å². The Kier molecular flexibility index (Phi) is 6.39. The lowest BCUT2D eigenvalue weighted by molar-refractivity contribution is -0.385. The van der Waals surface area contributed by atoms with Crippen LogP contribution in [0.15, 0.2) is 30.3 Å². The molecule has 0 saturated carbocycles. The minimum absolute atomic E-state index is 0.0369. The molecular weight excluding hydrogens is 260 g/mol. The topological polar surface area (TPSA) is 92.5 Å². The van der Waals surface area contributed by atoms with Gasteiger partial charge in [0.25, 0.3) is 5.69 Å². The van der Waals surface area contributed by atoms with E-state index >= 15 is 0 Å². The zero-order valence-electron chi connectivity index (χ0n) is 11.3. The fourth-order valence-corrected chi connectivity index (χ4v) is 1.62. The van der Waals surface area contributed by atoms with Gasteiger partial charge in [0.05, 0.1) is 10.5 Å². The van der Waals surface area contributed by atoms with Crippen molar-refractivity contribution in [2.45, 2.75) is 13.3 Å². The molecule has 1 aromatic carbocycles. The van der Waals surface area contributed by atoms with Crippen molar-refractivity contribution in [2.75, 3.05) is 13.2 Å². The van der Waals surface area contributed by atoms with Crippen molar-refractivity contribution >= 4 is 17.7 Å². The van der Waals surface area contributed by atoms with Crippen molar-refractivity contribution in [1.82, 2.24) is 5.32 Å². The number of carbonyl (C=O) groups excluding carboxylic acids is 1. The van der Waals surface area contributed by atoms with Crippen LogP contribution in [0.2, 0.25) is 0 Å². The average Bonchev–Trinajstić information content (AvgIpc) is 2.43. The summed E-state index contributed by atoms with van der Waals surface area (Å²) in [7, 11) is 0. The second-order valence-corrected chi connectivity index (χ2v) is 4.51. The Labute approximate surface area is 117 Å². The van der Waals surface area contributed by atoms with E-state index in [2.05, 4.69) is 5.32 Å². The van der Waals surface area contributed by atoms with Gasteiger partial charge in [-0.15, -0.1) is 0 Å². The molecule has 1 amide bonds. The number of para-hydroxylation sites is 1. The summed E-state index contributed by atoms with van der Waals surface area (Å²) in [5.74, 6) is -0.128. The number of benzene rings is 1. The molecule has 0 aromatic heterocycles. The van der Waals surface area contributed by atoms with Crippen LogP contribution in [0.4, 0.5) is 5.69 Å². The maximum absolute atomic E-state index is 11.6. The summed E-state index contributed by atoms with van der Waals surface area (Å²) in [6.07, 6.45) is 3.31. The van der Waals surface area contributed by atoms with Gasteiger partial charge in [0, 0.05) is 25.3 Å². The quantitative estimate of drug-likeness (QED) is 0.451. The smallest absolute Gasteiger partial charge is 0.276 e. The fraction of sp³-hybridized carbons (Fsp3) is 0.357. The van der Waals surface area contributed by atoms with Gasteiger partial charge in [-0.05, 0) is 24.5 Å². The second kappa shape index (κ2) is 8.06. The minimum atomic E-state index is -0.485. The lowest BCUT2D eigenvalue weighted by Gasteiger charge is -2.09. The van der Waals surface area contributed by atoms with Crippen LogP contribution in [-0.2, 0) is 4.79 Å². The molecule has 0 fully saturated rings. The van der Waals surface area contributed by atoms with E-state index in [0.29, 0.717) is 18.5 Å². The first-order valence-corrected chi connectivity index (χ1v) is 6.34. The first-order valence-electron chi connectivity index (χ1n) is 6.34. The number of amides is 1. The predicted octanol–water partition coefficient (Wildman–Crippen LogP) is 1.74. The number of aliphatic hydroxyl groups excluding tert-OH is 1. The molecule has 1 atom stereocenters. The van der Waals surface area contributed by atoms with Gasteiger partial charge >= 0.3 is 0 Å². The van der Waals surface area contributed by atoms with Gasteiger partial charge in [-0.2, -0.15) is 0 Å². The highest BCUT2D eigenvalue weighted by Gasteiger charge is 2.09. The Morgan fingerprint density at radius 3 is 2.85 bits per heavy atom. The predicted molar refractivity (Wildman–Crippen MR) is 76.0 cm³/mol. The molecule has 0 heterocycles. The third-order valence-corrected chi connectivity index (χ3v) is 2.79. The summed E-state index contributed by atoms with van der Waals surface area (Å²) < 4.78 is 0. The van der Waals surface area contributed by atoms with Gasteiger partial charge in [0.2, 0.25) is 5.91 Å². The number of rotatable bonds is 7. The summed E-state index contributed by atoms with van der Waals surface area (Å²) in [5.41, 5.74) is 0.348. The van der Waals surface area contributed by atoms with Crippen molar-refractivity contribution in [3.63, 3.8) is 0 Å². The molecule has 20 heavy (non-hydrogen) atoms. The van der Waals surface area contributed by atoms with E-state index in [-0.39, 0.29) is 24.1 Å². The van der Waals surface area contributed by atoms with Gasteiger partial charge in [0.15, 0.2) is 0 Å². The Bertz CT molecular complexity index is 500. The van der Waals surface area contributed by atoms with Crippen LogP contribution in [0.1, 0.15) is 18.9 Å². The summed E-state index contributed by atoms with van der Waals surface area (Å²) in [6, 6.07) is 6.22. The number of nitrogens with one attached hydrogen (secondary N) is 1. The Hall–Kier alpha value is -2.21. The van der Waals surface area contributed by atoms with Gasteiger partial charge < -0.3 is 10.4 Å². The highest BCUT2D eigenvalue weighted by molar-refractivity contribution is 5.92. The molecule has 0 spiro atoms. The third-order valence-electron chi connectivity index (χ3n) is 2.79. The Morgan fingerprint density at radius 1 is 1.50 bits per heavy atom. The van der Waals surface area contributed by atoms with Crippen molar-refractivity contribution in [1.29, 1.82) is 0 Å². The Balaban J connectivity index is 2.60. The number of nitrogens with zero attached hydrogens (tertiary/aromatic N) is 1.